The third kappa shape index (κ3) is 3.16. The van der Waals surface area contributed by atoms with Crippen LogP contribution in [0.2, 0.25) is 0 Å². The average molecular weight is 199 g/mol. The van der Waals surface area contributed by atoms with Crippen LogP contribution in [0.15, 0.2) is 24.3 Å². The van der Waals surface area contributed by atoms with Gasteiger partial charge < -0.3 is 9.45 Å². The quantitative estimate of drug-likeness (QED) is 0.749. The van der Waals surface area contributed by atoms with Crippen LogP contribution in [0.25, 0.3) is 0 Å². The molecule has 0 radical (unpaired) electrons. The summed E-state index contributed by atoms with van der Waals surface area (Å²) in [5, 5.41) is 0. The molecule has 0 aliphatic rings. The first-order valence-electron chi connectivity index (χ1n) is 3.93. The second-order valence-electron chi connectivity index (χ2n) is 3.03. The van der Waals surface area contributed by atoms with Crippen molar-refractivity contribution in [3.8, 4) is 0 Å². The van der Waals surface area contributed by atoms with Gasteiger partial charge in [-0.25, -0.2) is 4.21 Å². The summed E-state index contributed by atoms with van der Waals surface area (Å²) in [6.07, 6.45) is 0. The molecule has 0 bridgehead atoms. The predicted octanol–water partition coefficient (Wildman–Crippen LogP) is 1.47. The Labute approximate surface area is 80.7 Å². The number of hydrogen-bond donors (Lipinski definition) is 1. The van der Waals surface area contributed by atoms with Crippen LogP contribution in [-0.2, 0) is 16.8 Å². The Balaban J connectivity index is 2.75. The fourth-order valence-electron chi connectivity index (χ4n) is 1.03. The lowest BCUT2D eigenvalue weighted by Gasteiger charge is -2.12. The molecule has 1 rings (SSSR count). The fraction of sp³-hybridized carbons (Fsp3) is 0.333. The van der Waals surface area contributed by atoms with E-state index in [-0.39, 0.29) is 5.75 Å². The standard InChI is InChI=1S/C9H13NO2S/c1-10(2)9-5-3-8(4-6-9)7-13(11)12/h3-6H,7H2,1-2H3,(H,11,12). The van der Waals surface area contributed by atoms with Gasteiger partial charge in [-0.2, -0.15) is 0 Å². The molecule has 1 aromatic rings. The van der Waals surface area contributed by atoms with Gasteiger partial charge in [0.25, 0.3) is 0 Å². The van der Waals surface area contributed by atoms with E-state index in [0.29, 0.717) is 0 Å². The number of benzene rings is 1. The van der Waals surface area contributed by atoms with Crippen LogP contribution >= 0.6 is 0 Å². The molecule has 0 heterocycles. The van der Waals surface area contributed by atoms with Crippen molar-refractivity contribution in [2.75, 3.05) is 19.0 Å². The van der Waals surface area contributed by atoms with Crippen LogP contribution in [-0.4, -0.2) is 22.9 Å². The molecule has 1 aromatic carbocycles. The Bertz CT molecular complexity index is 295. The maximum atomic E-state index is 10.5. The Morgan fingerprint density at radius 2 is 1.85 bits per heavy atom. The lowest BCUT2D eigenvalue weighted by atomic mass is 10.2. The first-order valence-corrected chi connectivity index (χ1v) is 5.21. The van der Waals surface area contributed by atoms with Crippen molar-refractivity contribution in [3.05, 3.63) is 29.8 Å². The summed E-state index contributed by atoms with van der Waals surface area (Å²) in [5.74, 6) is 0.202. The van der Waals surface area contributed by atoms with E-state index < -0.39 is 11.1 Å². The summed E-state index contributed by atoms with van der Waals surface area (Å²) in [7, 11) is 3.92. The molecule has 1 unspecified atom stereocenters. The molecule has 0 amide bonds. The van der Waals surface area contributed by atoms with E-state index in [0.717, 1.165) is 11.3 Å². The van der Waals surface area contributed by atoms with Gasteiger partial charge in [0.2, 0.25) is 0 Å². The normalized spacial score (nSPS) is 12.5. The van der Waals surface area contributed by atoms with Gasteiger partial charge in [0.1, 0.15) is 0 Å². The van der Waals surface area contributed by atoms with E-state index in [2.05, 4.69) is 0 Å². The average Bonchev–Trinajstić information content (AvgIpc) is 2.04. The largest absolute Gasteiger partial charge is 0.378 e. The highest BCUT2D eigenvalue weighted by Gasteiger charge is 1.98. The van der Waals surface area contributed by atoms with Gasteiger partial charge in [-0.15, -0.1) is 0 Å². The zero-order valence-corrected chi connectivity index (χ0v) is 8.54. The third-order valence-corrected chi connectivity index (χ3v) is 2.32. The molecule has 0 saturated heterocycles. The highest BCUT2D eigenvalue weighted by Crippen LogP contribution is 2.12. The van der Waals surface area contributed by atoms with E-state index in [1.165, 1.54) is 0 Å². The predicted molar refractivity (Wildman–Crippen MR) is 55.2 cm³/mol. The molecule has 0 aliphatic heterocycles. The highest BCUT2D eigenvalue weighted by atomic mass is 32.2. The minimum atomic E-state index is -1.75. The second kappa shape index (κ2) is 4.39. The van der Waals surface area contributed by atoms with E-state index >= 15 is 0 Å². The molecule has 0 aromatic heterocycles. The second-order valence-corrected chi connectivity index (χ2v) is 3.96. The van der Waals surface area contributed by atoms with Crippen molar-refractivity contribution in [2.24, 2.45) is 0 Å². The SMILES string of the molecule is CN(C)c1ccc(CS(=O)O)cc1. The van der Waals surface area contributed by atoms with E-state index in [1.54, 1.807) is 0 Å². The summed E-state index contributed by atoms with van der Waals surface area (Å²) in [6.45, 7) is 0. The molecular weight excluding hydrogens is 186 g/mol. The monoisotopic (exact) mass is 199 g/mol. The zero-order chi connectivity index (χ0) is 9.84. The molecule has 4 heteroatoms. The van der Waals surface area contributed by atoms with Crippen LogP contribution in [0.1, 0.15) is 5.56 Å². The maximum absolute atomic E-state index is 10.5. The number of rotatable bonds is 3. The lowest BCUT2D eigenvalue weighted by Crippen LogP contribution is -2.08. The minimum Gasteiger partial charge on any atom is -0.378 e. The Kier molecular flexibility index (Phi) is 3.45. The summed E-state index contributed by atoms with van der Waals surface area (Å²) in [5.41, 5.74) is 1.97. The van der Waals surface area contributed by atoms with Gasteiger partial charge in [-0.1, -0.05) is 12.1 Å². The number of hydrogen-bond acceptors (Lipinski definition) is 2. The summed E-state index contributed by atoms with van der Waals surface area (Å²) < 4.78 is 19.1. The number of nitrogens with zero attached hydrogens (tertiary/aromatic N) is 1. The van der Waals surface area contributed by atoms with Crippen molar-refractivity contribution in [2.45, 2.75) is 5.75 Å². The topological polar surface area (TPSA) is 40.5 Å². The minimum absolute atomic E-state index is 0.202. The Morgan fingerprint density at radius 3 is 2.23 bits per heavy atom. The van der Waals surface area contributed by atoms with Crippen LogP contribution < -0.4 is 4.90 Å². The smallest absolute Gasteiger partial charge is 0.157 e. The van der Waals surface area contributed by atoms with Crippen LogP contribution in [0, 0.1) is 0 Å². The molecular formula is C9H13NO2S. The molecule has 1 N–H and O–H groups in total. The van der Waals surface area contributed by atoms with Gasteiger partial charge in [0.15, 0.2) is 11.1 Å². The first kappa shape index (κ1) is 10.2. The molecule has 72 valence electrons. The van der Waals surface area contributed by atoms with Crippen molar-refractivity contribution >= 4 is 16.8 Å². The Hall–Kier alpha value is -0.870. The van der Waals surface area contributed by atoms with Gasteiger partial charge >= 0.3 is 0 Å². The lowest BCUT2D eigenvalue weighted by molar-refractivity contribution is 0.563. The summed E-state index contributed by atoms with van der Waals surface area (Å²) in [6, 6.07) is 7.59. The summed E-state index contributed by atoms with van der Waals surface area (Å²) in [4.78, 5) is 1.99. The van der Waals surface area contributed by atoms with E-state index in [1.807, 2.05) is 43.3 Å². The van der Waals surface area contributed by atoms with Crippen LogP contribution in [0.4, 0.5) is 5.69 Å². The van der Waals surface area contributed by atoms with Gasteiger partial charge in [0, 0.05) is 19.8 Å². The van der Waals surface area contributed by atoms with E-state index in [4.69, 9.17) is 4.55 Å². The van der Waals surface area contributed by atoms with Gasteiger partial charge in [0.05, 0.1) is 5.75 Å². The first-order chi connectivity index (χ1) is 6.09. The molecule has 0 saturated carbocycles. The van der Waals surface area contributed by atoms with Crippen molar-refractivity contribution in [3.63, 3.8) is 0 Å². The van der Waals surface area contributed by atoms with Gasteiger partial charge in [-0.05, 0) is 17.7 Å². The molecule has 1 atom stereocenters. The molecule has 0 spiro atoms. The third-order valence-electron chi connectivity index (χ3n) is 1.74. The van der Waals surface area contributed by atoms with Crippen molar-refractivity contribution in [1.82, 2.24) is 0 Å². The Morgan fingerprint density at radius 1 is 1.31 bits per heavy atom. The van der Waals surface area contributed by atoms with Crippen LogP contribution in [0.3, 0.4) is 0 Å². The van der Waals surface area contributed by atoms with Crippen molar-refractivity contribution in [1.29, 1.82) is 0 Å². The van der Waals surface area contributed by atoms with E-state index in [9.17, 15) is 4.21 Å². The number of anilines is 1. The summed E-state index contributed by atoms with van der Waals surface area (Å²) >= 11 is -1.75. The maximum Gasteiger partial charge on any atom is 0.157 e. The zero-order valence-electron chi connectivity index (χ0n) is 7.73. The fourth-order valence-corrected chi connectivity index (χ4v) is 1.51. The van der Waals surface area contributed by atoms with Gasteiger partial charge in [-0.3, -0.25) is 0 Å². The molecule has 0 fully saturated rings. The molecule has 0 aliphatic carbocycles. The van der Waals surface area contributed by atoms with Crippen molar-refractivity contribution < 1.29 is 8.76 Å². The van der Waals surface area contributed by atoms with Crippen LogP contribution in [0.5, 0.6) is 0 Å². The molecule has 3 nitrogen and oxygen atoms in total. The molecule has 13 heavy (non-hydrogen) atoms. The highest BCUT2D eigenvalue weighted by molar-refractivity contribution is 7.78.